The summed E-state index contributed by atoms with van der Waals surface area (Å²) in [7, 11) is -4.09. The predicted octanol–water partition coefficient (Wildman–Crippen LogP) is 1.97. The summed E-state index contributed by atoms with van der Waals surface area (Å²) < 4.78 is 17.9. The second-order valence-corrected chi connectivity index (χ2v) is 7.43. The third-order valence-corrected chi connectivity index (χ3v) is 4.63. The maximum Gasteiger partial charge on any atom is 0.350 e. The zero-order valence-corrected chi connectivity index (χ0v) is 13.3. The van der Waals surface area contributed by atoms with Gasteiger partial charge in [-0.1, -0.05) is 11.6 Å². The van der Waals surface area contributed by atoms with Crippen molar-refractivity contribution in [2.24, 2.45) is 5.92 Å². The van der Waals surface area contributed by atoms with Crippen LogP contribution in [0.2, 0.25) is 5.15 Å². The van der Waals surface area contributed by atoms with E-state index in [-0.39, 0.29) is 12.0 Å². The predicted molar refractivity (Wildman–Crippen MR) is 79.6 cm³/mol. The minimum absolute atomic E-state index is 0.236. The fourth-order valence-corrected chi connectivity index (χ4v) is 3.40. The second-order valence-electron chi connectivity index (χ2n) is 5.49. The van der Waals surface area contributed by atoms with Crippen LogP contribution in [0.1, 0.15) is 25.3 Å². The molecule has 2 atom stereocenters. The fraction of sp³-hybridized carbons (Fsp3) is 0.583. The van der Waals surface area contributed by atoms with E-state index in [1.54, 1.807) is 6.33 Å². The highest BCUT2D eigenvalue weighted by Crippen LogP contribution is 2.38. The molecule has 10 heteroatoms. The molecule has 2 aromatic rings. The summed E-state index contributed by atoms with van der Waals surface area (Å²) in [6.07, 6.45) is 5.34. The first-order valence-electron chi connectivity index (χ1n) is 6.89. The van der Waals surface area contributed by atoms with E-state index in [4.69, 9.17) is 26.1 Å². The van der Waals surface area contributed by atoms with Crippen LogP contribution in [-0.4, -0.2) is 42.3 Å². The highest BCUT2D eigenvalue weighted by Gasteiger charge is 2.28. The first-order chi connectivity index (χ1) is 10.4. The quantitative estimate of drug-likeness (QED) is 0.629. The first-order valence-corrected chi connectivity index (χ1v) is 9.07. The van der Waals surface area contributed by atoms with Gasteiger partial charge in [-0.25, -0.2) is 15.0 Å². The molecule has 0 radical (unpaired) electrons. The Balaban J connectivity index is 1.65. The van der Waals surface area contributed by atoms with Gasteiger partial charge < -0.3 is 19.1 Å². The maximum atomic E-state index is 10.8. The molecule has 0 aliphatic heterocycles. The molecule has 2 heterocycles. The Morgan fingerprint density at radius 3 is 2.95 bits per heavy atom. The third kappa shape index (κ3) is 3.47. The molecule has 0 aromatic carbocycles. The molecule has 1 fully saturated rings. The van der Waals surface area contributed by atoms with E-state index in [2.05, 4.69) is 15.0 Å². The van der Waals surface area contributed by atoms with Crippen LogP contribution in [0.15, 0.2) is 12.7 Å². The van der Waals surface area contributed by atoms with Gasteiger partial charge in [-0.2, -0.15) is 0 Å². The average Bonchev–Trinajstić information content (AvgIpc) is 3.04. The van der Waals surface area contributed by atoms with E-state index in [0.29, 0.717) is 22.9 Å². The normalized spacial score (nSPS) is 22.5. The zero-order chi connectivity index (χ0) is 15.7. The van der Waals surface area contributed by atoms with Crippen molar-refractivity contribution in [3.63, 3.8) is 0 Å². The molecular weight excluding hydrogens is 331 g/mol. The number of imidazole rings is 1. The summed E-state index contributed by atoms with van der Waals surface area (Å²) in [5.74, 6) is 0.270. The van der Waals surface area contributed by atoms with Crippen LogP contribution in [0.4, 0.5) is 0 Å². The largest absolute Gasteiger partial charge is 0.369 e. The molecule has 1 aliphatic rings. The van der Waals surface area contributed by atoms with E-state index >= 15 is 0 Å². The minimum Gasteiger partial charge on any atom is -0.369 e. The molecule has 0 spiro atoms. The van der Waals surface area contributed by atoms with Gasteiger partial charge in [-0.15, -0.1) is 0 Å². The number of aromatic nitrogens is 4. The number of hydrogen-bond donors (Lipinski definition) is 2. The Morgan fingerprint density at radius 2 is 2.18 bits per heavy atom. The zero-order valence-electron chi connectivity index (χ0n) is 11.7. The minimum atomic E-state index is -4.09. The van der Waals surface area contributed by atoms with Crippen molar-refractivity contribution < 1.29 is 19.1 Å². The monoisotopic (exact) mass is 346 g/mol. The molecule has 8 nitrogen and oxygen atoms in total. The number of rotatable bonds is 5. The van der Waals surface area contributed by atoms with Gasteiger partial charge in [0.25, 0.3) is 0 Å². The maximum absolute atomic E-state index is 10.8. The van der Waals surface area contributed by atoms with Gasteiger partial charge in [-0.05, 0) is 25.2 Å². The number of halogens is 1. The van der Waals surface area contributed by atoms with Crippen molar-refractivity contribution >= 4 is 30.4 Å². The lowest BCUT2D eigenvalue weighted by molar-refractivity contribution is 0.121. The Morgan fingerprint density at radius 1 is 1.36 bits per heavy atom. The summed E-state index contributed by atoms with van der Waals surface area (Å²) in [5.41, 5.74) is 1.30. The summed E-state index contributed by atoms with van der Waals surface area (Å²) in [4.78, 5) is 30.0. The van der Waals surface area contributed by atoms with Crippen molar-refractivity contribution in [3.05, 3.63) is 17.8 Å². The lowest BCUT2D eigenvalue weighted by Gasteiger charge is -2.14. The van der Waals surface area contributed by atoms with E-state index in [0.717, 1.165) is 19.3 Å². The Bertz CT molecular complexity index is 718. The Kier molecular flexibility index (Phi) is 4.47. The lowest BCUT2D eigenvalue weighted by atomic mass is 10.1. The highest BCUT2D eigenvalue weighted by molar-refractivity contribution is 7.51. The van der Waals surface area contributed by atoms with Gasteiger partial charge in [0, 0.05) is 6.04 Å². The molecule has 2 aromatic heterocycles. The van der Waals surface area contributed by atoms with Crippen LogP contribution in [-0.2, 0) is 9.30 Å². The summed E-state index contributed by atoms with van der Waals surface area (Å²) in [6.45, 7) is 0.351. The van der Waals surface area contributed by atoms with Gasteiger partial charge in [0.2, 0.25) is 0 Å². The van der Waals surface area contributed by atoms with Crippen LogP contribution in [0.25, 0.3) is 11.2 Å². The number of ether oxygens (including phenoxy) is 1. The van der Waals surface area contributed by atoms with Gasteiger partial charge in [0.05, 0.1) is 12.9 Å². The van der Waals surface area contributed by atoms with Crippen LogP contribution in [0, 0.1) is 5.92 Å². The molecule has 0 saturated heterocycles. The smallest absolute Gasteiger partial charge is 0.350 e. The van der Waals surface area contributed by atoms with E-state index < -0.39 is 13.9 Å². The molecule has 1 aliphatic carbocycles. The van der Waals surface area contributed by atoms with Gasteiger partial charge >= 0.3 is 7.60 Å². The van der Waals surface area contributed by atoms with Crippen LogP contribution in [0.3, 0.4) is 0 Å². The molecule has 2 unspecified atom stereocenters. The van der Waals surface area contributed by atoms with Crippen molar-refractivity contribution in [2.75, 3.05) is 13.0 Å². The topological polar surface area (TPSA) is 110 Å². The fourth-order valence-electron chi connectivity index (χ4n) is 2.88. The molecular formula is C12H16ClN4O4P. The van der Waals surface area contributed by atoms with E-state index in [1.165, 1.54) is 6.33 Å². The van der Waals surface area contributed by atoms with Crippen molar-refractivity contribution in [1.82, 2.24) is 19.5 Å². The average molecular weight is 347 g/mol. The molecule has 0 bridgehead atoms. The number of fused-ring (bicyclic) bond motifs is 1. The number of hydrogen-bond acceptors (Lipinski definition) is 5. The summed E-state index contributed by atoms with van der Waals surface area (Å²) in [6, 6.07) is 0.236. The van der Waals surface area contributed by atoms with Gasteiger partial charge in [0.1, 0.15) is 18.2 Å². The third-order valence-electron chi connectivity index (χ3n) is 3.83. The van der Waals surface area contributed by atoms with Crippen LogP contribution >= 0.6 is 19.2 Å². The van der Waals surface area contributed by atoms with E-state index in [9.17, 15) is 4.57 Å². The van der Waals surface area contributed by atoms with Crippen molar-refractivity contribution in [2.45, 2.75) is 25.3 Å². The molecule has 2 N–H and O–H groups in total. The molecule has 0 amide bonds. The molecule has 120 valence electrons. The lowest BCUT2D eigenvalue weighted by Crippen LogP contribution is -2.09. The Labute approximate surface area is 131 Å². The Hall–Kier alpha value is -1.05. The van der Waals surface area contributed by atoms with Crippen LogP contribution < -0.4 is 0 Å². The summed E-state index contributed by atoms with van der Waals surface area (Å²) in [5, 5.41) is 0.336. The highest BCUT2D eigenvalue weighted by atomic mass is 35.5. The van der Waals surface area contributed by atoms with Crippen molar-refractivity contribution in [3.8, 4) is 0 Å². The van der Waals surface area contributed by atoms with Crippen molar-refractivity contribution in [1.29, 1.82) is 0 Å². The van der Waals surface area contributed by atoms with Gasteiger partial charge in [0.15, 0.2) is 10.8 Å². The standard InChI is InChI=1S/C12H16ClN4O4P/c13-11-10-12(15-5-14-11)17(6-16-10)9-2-1-8(3-9)4-21-7-22(18,19)20/h5-6,8-9H,1-4,7H2,(H2,18,19,20). The SMILES string of the molecule is O=P(O)(O)COCC1CCC(n2cnc3c(Cl)ncnc32)C1. The second kappa shape index (κ2) is 6.22. The van der Waals surface area contributed by atoms with Gasteiger partial charge in [-0.3, -0.25) is 4.57 Å². The van der Waals surface area contributed by atoms with Crippen LogP contribution in [0.5, 0.6) is 0 Å². The molecule has 22 heavy (non-hydrogen) atoms. The molecule has 1 saturated carbocycles. The first kappa shape index (κ1) is 15.8. The summed E-state index contributed by atoms with van der Waals surface area (Å²) >= 11 is 6.00. The van der Waals surface area contributed by atoms with E-state index in [1.807, 2.05) is 4.57 Å². The number of nitrogens with zero attached hydrogens (tertiary/aromatic N) is 4. The molecule has 3 rings (SSSR count).